The van der Waals surface area contributed by atoms with Crippen LogP contribution in [-0.4, -0.2) is 23.6 Å². The van der Waals surface area contributed by atoms with E-state index in [2.05, 4.69) is 13.8 Å². The molecule has 5 nitrogen and oxygen atoms in total. The van der Waals surface area contributed by atoms with Gasteiger partial charge < -0.3 is 9.64 Å². The van der Waals surface area contributed by atoms with Gasteiger partial charge in [0.05, 0.1) is 23.6 Å². The Labute approximate surface area is 125 Å². The molecule has 0 radical (unpaired) electrons. The number of aryl methyl sites for hydroxylation is 1. The van der Waals surface area contributed by atoms with Gasteiger partial charge in [0.15, 0.2) is 11.6 Å². The van der Waals surface area contributed by atoms with Crippen molar-refractivity contribution in [1.82, 2.24) is 0 Å². The number of fused-ring (bicyclic) bond motifs is 1. The highest BCUT2D eigenvalue weighted by Crippen LogP contribution is 2.48. The SMILES string of the molecule is Cc1ccc([N+](=O)[O-])c2c1[C@H]([NH+]1CCCCC1)C(C)(C)O2. The number of nitrogens with one attached hydrogen (secondary N) is 1. The number of quaternary nitrogens is 1. The Morgan fingerprint density at radius 1 is 1.29 bits per heavy atom. The van der Waals surface area contributed by atoms with Crippen molar-refractivity contribution in [2.75, 3.05) is 13.1 Å². The number of benzene rings is 1. The number of piperidine rings is 1. The largest absolute Gasteiger partial charge is 0.474 e. The van der Waals surface area contributed by atoms with Crippen LogP contribution in [0.3, 0.4) is 0 Å². The smallest absolute Gasteiger partial charge is 0.311 e. The Balaban J connectivity index is 2.11. The maximum absolute atomic E-state index is 11.3. The van der Waals surface area contributed by atoms with Crippen molar-refractivity contribution in [3.05, 3.63) is 33.4 Å². The number of likely N-dealkylation sites (tertiary alicyclic amines) is 1. The van der Waals surface area contributed by atoms with E-state index < -0.39 is 5.60 Å². The molecule has 0 saturated carbocycles. The monoisotopic (exact) mass is 291 g/mol. The Morgan fingerprint density at radius 3 is 2.57 bits per heavy atom. The van der Waals surface area contributed by atoms with E-state index in [-0.39, 0.29) is 16.7 Å². The Bertz CT molecular complexity index is 577. The maximum atomic E-state index is 11.3. The first kappa shape index (κ1) is 14.3. The van der Waals surface area contributed by atoms with Crippen LogP contribution < -0.4 is 9.64 Å². The molecule has 0 spiro atoms. The third kappa shape index (κ3) is 2.29. The molecular weight excluding hydrogens is 268 g/mol. The lowest BCUT2D eigenvalue weighted by Gasteiger charge is -2.35. The molecule has 1 atom stereocenters. The first-order valence-corrected chi connectivity index (χ1v) is 7.73. The summed E-state index contributed by atoms with van der Waals surface area (Å²) in [5, 5.41) is 11.3. The van der Waals surface area contributed by atoms with Gasteiger partial charge in [0.1, 0.15) is 0 Å². The summed E-state index contributed by atoms with van der Waals surface area (Å²) in [7, 11) is 0. The van der Waals surface area contributed by atoms with Gasteiger partial charge in [-0.25, -0.2) is 0 Å². The molecule has 3 rings (SSSR count). The molecule has 2 aliphatic heterocycles. The minimum Gasteiger partial charge on any atom is -0.474 e. The Morgan fingerprint density at radius 2 is 1.95 bits per heavy atom. The number of nitro benzene ring substituents is 1. The summed E-state index contributed by atoms with van der Waals surface area (Å²) in [5.74, 6) is 0.494. The van der Waals surface area contributed by atoms with E-state index in [1.165, 1.54) is 24.2 Å². The quantitative estimate of drug-likeness (QED) is 0.671. The molecule has 114 valence electrons. The first-order chi connectivity index (χ1) is 9.92. The molecule has 2 aliphatic rings. The summed E-state index contributed by atoms with van der Waals surface area (Å²) in [4.78, 5) is 12.5. The molecule has 2 heterocycles. The summed E-state index contributed by atoms with van der Waals surface area (Å²) in [6.45, 7) is 8.40. The summed E-state index contributed by atoms with van der Waals surface area (Å²) in [5.41, 5.74) is 1.85. The van der Waals surface area contributed by atoms with Crippen molar-refractivity contribution in [2.24, 2.45) is 0 Å². The van der Waals surface area contributed by atoms with Crippen LogP contribution >= 0.6 is 0 Å². The van der Waals surface area contributed by atoms with Crippen LogP contribution in [0.1, 0.15) is 50.3 Å². The van der Waals surface area contributed by atoms with Crippen molar-refractivity contribution in [3.8, 4) is 5.75 Å². The Hall–Kier alpha value is -1.62. The van der Waals surface area contributed by atoms with Crippen LogP contribution in [0.25, 0.3) is 0 Å². The highest BCUT2D eigenvalue weighted by Gasteiger charge is 2.51. The zero-order valence-electron chi connectivity index (χ0n) is 12.9. The molecule has 1 aromatic carbocycles. The lowest BCUT2D eigenvalue weighted by Crippen LogP contribution is -3.14. The lowest BCUT2D eigenvalue weighted by molar-refractivity contribution is -0.941. The molecule has 1 aromatic rings. The molecule has 0 unspecified atom stereocenters. The average Bonchev–Trinajstić information content (AvgIpc) is 2.71. The van der Waals surface area contributed by atoms with E-state index in [1.807, 2.05) is 13.0 Å². The Kier molecular flexibility index (Phi) is 3.40. The van der Waals surface area contributed by atoms with Crippen LogP contribution in [0.2, 0.25) is 0 Å². The van der Waals surface area contributed by atoms with Crippen molar-refractivity contribution in [2.45, 2.75) is 51.7 Å². The van der Waals surface area contributed by atoms with E-state index in [0.717, 1.165) is 24.2 Å². The summed E-state index contributed by atoms with van der Waals surface area (Å²) in [6.07, 6.45) is 3.74. The fourth-order valence-electron chi connectivity index (χ4n) is 3.96. The van der Waals surface area contributed by atoms with Gasteiger partial charge in [-0.05, 0) is 45.6 Å². The average molecular weight is 291 g/mol. The minimum absolute atomic E-state index is 0.0996. The molecule has 0 aromatic heterocycles. The van der Waals surface area contributed by atoms with Crippen molar-refractivity contribution >= 4 is 5.69 Å². The minimum atomic E-state index is -0.397. The van der Waals surface area contributed by atoms with Gasteiger partial charge in [0.25, 0.3) is 0 Å². The fraction of sp³-hybridized carbons (Fsp3) is 0.625. The number of nitro groups is 1. The molecule has 1 N–H and O–H groups in total. The van der Waals surface area contributed by atoms with Crippen LogP contribution in [0.15, 0.2) is 12.1 Å². The van der Waals surface area contributed by atoms with Crippen LogP contribution in [0.5, 0.6) is 5.75 Å². The normalized spacial score (nSPS) is 24.4. The van der Waals surface area contributed by atoms with Crippen LogP contribution in [-0.2, 0) is 0 Å². The topological polar surface area (TPSA) is 56.8 Å². The van der Waals surface area contributed by atoms with E-state index in [1.54, 1.807) is 6.07 Å². The van der Waals surface area contributed by atoms with Gasteiger partial charge in [-0.2, -0.15) is 0 Å². The van der Waals surface area contributed by atoms with E-state index in [0.29, 0.717) is 5.75 Å². The molecule has 1 saturated heterocycles. The summed E-state index contributed by atoms with van der Waals surface area (Å²) in [6, 6.07) is 3.61. The van der Waals surface area contributed by atoms with Gasteiger partial charge in [-0.3, -0.25) is 10.1 Å². The van der Waals surface area contributed by atoms with E-state index in [4.69, 9.17) is 4.74 Å². The number of nitrogens with zero attached hydrogens (tertiary/aromatic N) is 1. The number of hydrogen-bond acceptors (Lipinski definition) is 3. The zero-order valence-corrected chi connectivity index (χ0v) is 12.9. The third-order valence-electron chi connectivity index (χ3n) is 4.84. The molecule has 0 amide bonds. The summed E-state index contributed by atoms with van der Waals surface area (Å²) >= 11 is 0. The number of rotatable bonds is 2. The highest BCUT2D eigenvalue weighted by molar-refractivity contribution is 5.58. The fourth-order valence-corrected chi connectivity index (χ4v) is 3.96. The number of hydrogen-bond donors (Lipinski definition) is 1. The first-order valence-electron chi connectivity index (χ1n) is 7.73. The van der Waals surface area contributed by atoms with Gasteiger partial charge in [-0.1, -0.05) is 6.07 Å². The summed E-state index contributed by atoms with van der Waals surface area (Å²) < 4.78 is 6.07. The second-order valence-electron chi connectivity index (χ2n) is 6.76. The van der Waals surface area contributed by atoms with Crippen molar-refractivity contribution in [1.29, 1.82) is 0 Å². The van der Waals surface area contributed by atoms with Gasteiger partial charge >= 0.3 is 5.69 Å². The zero-order chi connectivity index (χ0) is 15.2. The highest BCUT2D eigenvalue weighted by atomic mass is 16.6. The predicted molar refractivity (Wildman–Crippen MR) is 79.8 cm³/mol. The molecule has 0 bridgehead atoms. The lowest BCUT2D eigenvalue weighted by atomic mass is 9.88. The van der Waals surface area contributed by atoms with E-state index in [9.17, 15) is 10.1 Å². The molecule has 21 heavy (non-hydrogen) atoms. The molecule has 1 fully saturated rings. The molecular formula is C16H23N2O3+. The van der Waals surface area contributed by atoms with E-state index >= 15 is 0 Å². The van der Waals surface area contributed by atoms with Gasteiger partial charge in [-0.15, -0.1) is 0 Å². The molecule has 5 heteroatoms. The van der Waals surface area contributed by atoms with Gasteiger partial charge in [0, 0.05) is 6.07 Å². The third-order valence-corrected chi connectivity index (χ3v) is 4.84. The second kappa shape index (κ2) is 4.98. The van der Waals surface area contributed by atoms with Gasteiger partial charge in [0.2, 0.25) is 5.75 Å². The standard InChI is InChI=1S/C16H22N2O3/c1-11-7-8-12(18(19)20)14-13(11)15(16(2,3)21-14)17-9-5-4-6-10-17/h7-8,15H,4-6,9-10H2,1-3H3/p+1/t15-/m0/s1. The predicted octanol–water partition coefficient (Wildman–Crippen LogP) is 2.18. The van der Waals surface area contributed by atoms with Crippen LogP contribution in [0.4, 0.5) is 5.69 Å². The number of ether oxygens (including phenoxy) is 1. The second-order valence-corrected chi connectivity index (χ2v) is 6.76. The molecule has 0 aliphatic carbocycles. The maximum Gasteiger partial charge on any atom is 0.311 e. The van der Waals surface area contributed by atoms with Crippen LogP contribution in [0, 0.1) is 17.0 Å². The van der Waals surface area contributed by atoms with Crippen molar-refractivity contribution < 1.29 is 14.6 Å². The van der Waals surface area contributed by atoms with Crippen molar-refractivity contribution in [3.63, 3.8) is 0 Å².